The van der Waals surface area contributed by atoms with Crippen molar-refractivity contribution in [3.05, 3.63) is 127 Å². The molecule has 1 saturated carbocycles. The smallest absolute Gasteiger partial charge is 0.323 e. The highest BCUT2D eigenvalue weighted by Gasteiger charge is 2.34. The number of imidazole rings is 1. The molecule has 244 valence electrons. The maximum atomic E-state index is 12.6. The SMILES string of the molecule is Cl.Cl.Cl.NC1(c2ccc(-c3c(-c4ccc(NC(=O)Nc5ccccc5)cc4)nc4n3-c3cccnc3Nc3ccccc3-4)cc2)CCC1. The van der Waals surface area contributed by atoms with E-state index in [1.807, 2.05) is 78.9 Å². The van der Waals surface area contributed by atoms with Crippen molar-refractivity contribution >= 4 is 66.1 Å². The van der Waals surface area contributed by atoms with E-state index in [0.717, 1.165) is 81.6 Å². The number of rotatable bonds is 5. The van der Waals surface area contributed by atoms with Crippen LogP contribution in [0.4, 0.5) is 27.7 Å². The zero-order valence-corrected chi connectivity index (χ0v) is 28.2. The van der Waals surface area contributed by atoms with Gasteiger partial charge in [0.25, 0.3) is 0 Å². The van der Waals surface area contributed by atoms with Crippen molar-refractivity contribution < 1.29 is 4.79 Å². The van der Waals surface area contributed by atoms with Crippen molar-refractivity contribution in [2.45, 2.75) is 24.8 Å². The van der Waals surface area contributed by atoms with Crippen molar-refractivity contribution in [3.63, 3.8) is 0 Å². The molecule has 2 aromatic heterocycles. The van der Waals surface area contributed by atoms with Crippen molar-refractivity contribution in [1.82, 2.24) is 14.5 Å². The summed E-state index contributed by atoms with van der Waals surface area (Å²) in [5.74, 6) is 1.57. The minimum Gasteiger partial charge on any atom is -0.338 e. The predicted molar refractivity (Wildman–Crippen MR) is 201 cm³/mol. The molecule has 2 amide bonds. The number of carbonyl (C=O) groups is 1. The van der Waals surface area contributed by atoms with Crippen LogP contribution in [-0.4, -0.2) is 20.6 Å². The van der Waals surface area contributed by atoms with Gasteiger partial charge in [-0.05, 0) is 73.4 Å². The Balaban J connectivity index is 0.00000150. The Morgan fingerprint density at radius 2 is 1.40 bits per heavy atom. The predicted octanol–water partition coefficient (Wildman–Crippen LogP) is 9.57. The monoisotopic (exact) mass is 697 g/mol. The summed E-state index contributed by atoms with van der Waals surface area (Å²) in [5.41, 5.74) is 15.6. The number of para-hydroxylation sites is 2. The third-order valence-electron chi connectivity index (χ3n) is 8.75. The summed E-state index contributed by atoms with van der Waals surface area (Å²) in [6.07, 6.45) is 4.97. The lowest BCUT2D eigenvalue weighted by Crippen LogP contribution is -2.43. The molecule has 1 aliphatic heterocycles. The molecular formula is C37H34Cl3N7O. The number of fused-ring (bicyclic) bond motifs is 5. The number of nitrogens with zero attached hydrogens (tertiary/aromatic N) is 3. The van der Waals surface area contributed by atoms with Crippen LogP contribution in [0.3, 0.4) is 0 Å². The molecule has 8 nitrogen and oxygen atoms in total. The van der Waals surface area contributed by atoms with E-state index in [9.17, 15) is 4.79 Å². The first kappa shape index (κ1) is 34.5. The molecule has 4 aromatic carbocycles. The van der Waals surface area contributed by atoms with Gasteiger partial charge in [0, 0.05) is 39.8 Å². The van der Waals surface area contributed by atoms with Gasteiger partial charge in [0.2, 0.25) is 0 Å². The molecule has 8 rings (SSSR count). The number of nitrogens with one attached hydrogen (secondary N) is 3. The molecule has 1 aliphatic carbocycles. The molecule has 0 unspecified atom stereocenters. The van der Waals surface area contributed by atoms with Gasteiger partial charge in [0.1, 0.15) is 5.82 Å². The number of halogens is 3. The van der Waals surface area contributed by atoms with Crippen LogP contribution in [-0.2, 0) is 5.54 Å². The average molecular weight is 699 g/mol. The third-order valence-corrected chi connectivity index (χ3v) is 8.75. The van der Waals surface area contributed by atoms with Gasteiger partial charge in [-0.15, -0.1) is 37.2 Å². The molecule has 0 atom stereocenters. The van der Waals surface area contributed by atoms with Crippen LogP contribution in [0.15, 0.2) is 121 Å². The highest BCUT2D eigenvalue weighted by atomic mass is 35.5. The van der Waals surface area contributed by atoms with Gasteiger partial charge in [-0.2, -0.15) is 0 Å². The highest BCUT2D eigenvalue weighted by Crippen LogP contribution is 2.45. The lowest BCUT2D eigenvalue weighted by atomic mass is 9.72. The second-order valence-electron chi connectivity index (χ2n) is 11.6. The van der Waals surface area contributed by atoms with Gasteiger partial charge < -0.3 is 21.7 Å². The van der Waals surface area contributed by atoms with Gasteiger partial charge >= 0.3 is 6.03 Å². The summed E-state index contributed by atoms with van der Waals surface area (Å²) in [6.45, 7) is 0. The highest BCUT2D eigenvalue weighted by molar-refractivity contribution is 6.00. The second kappa shape index (κ2) is 14.1. The van der Waals surface area contributed by atoms with Crippen molar-refractivity contribution in [3.8, 4) is 39.6 Å². The average Bonchev–Trinajstić information content (AvgIpc) is 3.39. The van der Waals surface area contributed by atoms with Crippen molar-refractivity contribution in [2.24, 2.45) is 5.73 Å². The van der Waals surface area contributed by atoms with Gasteiger partial charge in [-0.25, -0.2) is 14.8 Å². The number of hydrogen-bond acceptors (Lipinski definition) is 5. The van der Waals surface area contributed by atoms with E-state index in [1.165, 1.54) is 0 Å². The molecule has 11 heteroatoms. The maximum absolute atomic E-state index is 12.6. The third kappa shape index (κ3) is 6.23. The van der Waals surface area contributed by atoms with E-state index in [1.54, 1.807) is 6.20 Å². The van der Waals surface area contributed by atoms with E-state index >= 15 is 0 Å². The number of amides is 2. The van der Waals surface area contributed by atoms with Gasteiger partial charge in [0.05, 0.1) is 22.8 Å². The summed E-state index contributed by atoms with van der Waals surface area (Å²) in [6, 6.07) is 37.6. The van der Waals surface area contributed by atoms with Gasteiger partial charge in [-0.1, -0.05) is 66.7 Å². The Hall–Kier alpha value is -4.86. The Kier molecular flexibility index (Phi) is 10.1. The summed E-state index contributed by atoms with van der Waals surface area (Å²) in [7, 11) is 0. The first-order chi connectivity index (χ1) is 22.1. The van der Waals surface area contributed by atoms with Gasteiger partial charge in [0.15, 0.2) is 5.82 Å². The molecular weight excluding hydrogens is 665 g/mol. The fourth-order valence-electron chi connectivity index (χ4n) is 6.22. The number of carbonyl (C=O) groups excluding carboxylic acids is 1. The number of hydrogen-bond donors (Lipinski definition) is 4. The quantitative estimate of drug-likeness (QED) is 0.143. The van der Waals surface area contributed by atoms with Crippen LogP contribution in [0.25, 0.3) is 39.6 Å². The summed E-state index contributed by atoms with van der Waals surface area (Å²) < 4.78 is 2.20. The molecule has 5 N–H and O–H groups in total. The molecule has 0 bridgehead atoms. The molecule has 1 fully saturated rings. The maximum Gasteiger partial charge on any atom is 0.323 e. The van der Waals surface area contributed by atoms with Crippen LogP contribution < -0.4 is 21.7 Å². The summed E-state index contributed by atoms with van der Waals surface area (Å²) in [5, 5.41) is 9.31. The van der Waals surface area contributed by atoms with Crippen LogP contribution in [0.2, 0.25) is 0 Å². The standard InChI is InChI=1S/C37H31N7O.3ClH/c38-37(21-7-22-37)26-17-13-25(14-18-26)33-32(24-15-19-28(20-16-24)41-36(45)40-27-8-2-1-3-9-27)43-35-29-10-4-5-11-30(29)42-34-31(44(33)35)12-6-23-39-34;;;/h1-6,8-20,23H,7,21-22,38H2,(H,39,42)(H2,40,41,45);3*1H. The number of benzene rings is 4. The topological polar surface area (TPSA) is 110 Å². The molecule has 2 aliphatic rings. The van der Waals surface area contributed by atoms with Crippen LogP contribution in [0.5, 0.6) is 0 Å². The van der Waals surface area contributed by atoms with E-state index in [4.69, 9.17) is 15.7 Å². The fourth-order valence-corrected chi connectivity index (χ4v) is 6.22. The van der Waals surface area contributed by atoms with E-state index < -0.39 is 0 Å². The minimum atomic E-state index is -0.305. The Morgan fingerprint density at radius 1 is 0.750 bits per heavy atom. The number of aromatic nitrogens is 3. The van der Waals surface area contributed by atoms with E-state index in [0.29, 0.717) is 5.69 Å². The van der Waals surface area contributed by atoms with Crippen LogP contribution >= 0.6 is 37.2 Å². The molecule has 0 saturated heterocycles. The van der Waals surface area contributed by atoms with Crippen molar-refractivity contribution in [1.29, 1.82) is 0 Å². The van der Waals surface area contributed by atoms with Crippen LogP contribution in [0, 0.1) is 0 Å². The molecule has 0 spiro atoms. The number of anilines is 4. The van der Waals surface area contributed by atoms with E-state index in [-0.39, 0.29) is 48.8 Å². The lowest BCUT2D eigenvalue weighted by molar-refractivity contribution is 0.253. The molecule has 6 aromatic rings. The normalized spacial score (nSPS) is 13.2. The number of nitrogens with two attached hydrogens (primary N) is 1. The second-order valence-corrected chi connectivity index (χ2v) is 11.6. The summed E-state index contributed by atoms with van der Waals surface area (Å²) >= 11 is 0. The molecule has 3 heterocycles. The lowest BCUT2D eigenvalue weighted by Gasteiger charge is -2.38. The number of urea groups is 1. The Bertz CT molecular complexity index is 2040. The zero-order chi connectivity index (χ0) is 30.4. The minimum absolute atomic E-state index is 0. The van der Waals surface area contributed by atoms with Crippen LogP contribution in [0.1, 0.15) is 24.8 Å². The molecule has 0 radical (unpaired) electrons. The largest absolute Gasteiger partial charge is 0.338 e. The van der Waals surface area contributed by atoms with E-state index in [2.05, 4.69) is 56.9 Å². The fraction of sp³-hybridized carbons (Fsp3) is 0.108. The first-order valence-electron chi connectivity index (χ1n) is 15.1. The van der Waals surface area contributed by atoms with Gasteiger partial charge in [-0.3, -0.25) is 4.57 Å². The first-order valence-corrected chi connectivity index (χ1v) is 15.1. The number of pyridine rings is 1. The molecule has 48 heavy (non-hydrogen) atoms. The zero-order valence-electron chi connectivity index (χ0n) is 25.7. The summed E-state index contributed by atoms with van der Waals surface area (Å²) in [4.78, 5) is 22.7. The Morgan fingerprint density at radius 3 is 2.08 bits per heavy atom. The Labute approximate surface area is 297 Å². The van der Waals surface area contributed by atoms with Crippen molar-refractivity contribution in [2.75, 3.05) is 16.0 Å².